The Hall–Kier alpha value is -8.15. The minimum absolute atomic E-state index is 0.612. The van der Waals surface area contributed by atoms with Gasteiger partial charge in [-0.25, -0.2) is 24.9 Å². The van der Waals surface area contributed by atoms with Gasteiger partial charge in [0.1, 0.15) is 0 Å². The fourth-order valence-electron chi connectivity index (χ4n) is 7.47. The van der Waals surface area contributed by atoms with Gasteiger partial charge < -0.3 is 0 Å². The van der Waals surface area contributed by atoms with Crippen molar-refractivity contribution in [3.8, 4) is 101 Å². The molecule has 0 aliphatic rings. The van der Waals surface area contributed by atoms with Crippen LogP contribution in [0.15, 0.2) is 224 Å². The van der Waals surface area contributed by atoms with Crippen molar-refractivity contribution in [2.24, 2.45) is 0 Å². The summed E-state index contributed by atoms with van der Waals surface area (Å²) < 4.78 is 0. The van der Waals surface area contributed by atoms with E-state index in [-0.39, 0.29) is 0 Å². The van der Waals surface area contributed by atoms with Crippen molar-refractivity contribution in [3.63, 3.8) is 0 Å². The third-order valence-corrected chi connectivity index (χ3v) is 10.5. The Morgan fingerprint density at radius 1 is 0.167 bits per heavy atom. The molecule has 0 saturated heterocycles. The van der Waals surface area contributed by atoms with Gasteiger partial charge in [0.05, 0.1) is 11.4 Å². The van der Waals surface area contributed by atoms with Crippen LogP contribution in [0.3, 0.4) is 0 Å². The molecule has 5 heteroatoms. The first kappa shape index (κ1) is 36.2. The highest BCUT2D eigenvalue weighted by Crippen LogP contribution is 2.35. The van der Waals surface area contributed by atoms with E-state index >= 15 is 0 Å². The molecular formula is C55H37N5. The number of rotatable bonds is 9. The van der Waals surface area contributed by atoms with Crippen LogP contribution in [0, 0.1) is 0 Å². The van der Waals surface area contributed by atoms with E-state index in [1.54, 1.807) is 0 Å². The summed E-state index contributed by atoms with van der Waals surface area (Å²) in [6.45, 7) is 0. The lowest BCUT2D eigenvalue weighted by Crippen LogP contribution is -2.00. The Morgan fingerprint density at radius 3 is 0.950 bits per heavy atom. The van der Waals surface area contributed by atoms with Crippen molar-refractivity contribution in [2.45, 2.75) is 0 Å². The number of hydrogen-bond acceptors (Lipinski definition) is 5. The van der Waals surface area contributed by atoms with Crippen molar-refractivity contribution in [1.82, 2.24) is 24.9 Å². The number of nitrogens with zero attached hydrogens (tertiary/aromatic N) is 5. The van der Waals surface area contributed by atoms with Gasteiger partial charge in [-0.1, -0.05) is 188 Å². The van der Waals surface area contributed by atoms with Gasteiger partial charge in [0.25, 0.3) is 0 Å². The molecule has 0 aliphatic carbocycles. The van der Waals surface area contributed by atoms with Crippen molar-refractivity contribution in [3.05, 3.63) is 224 Å². The van der Waals surface area contributed by atoms with E-state index in [0.29, 0.717) is 23.3 Å². The summed E-state index contributed by atoms with van der Waals surface area (Å²) >= 11 is 0. The second-order valence-electron chi connectivity index (χ2n) is 14.6. The zero-order chi connectivity index (χ0) is 40.1. The monoisotopic (exact) mass is 767 g/mol. The number of aromatic nitrogens is 5. The second kappa shape index (κ2) is 16.4. The highest BCUT2D eigenvalue weighted by atomic mass is 15.0. The molecule has 0 atom stereocenters. The predicted molar refractivity (Wildman–Crippen MR) is 244 cm³/mol. The normalized spacial score (nSPS) is 11.0. The fourth-order valence-corrected chi connectivity index (χ4v) is 7.47. The minimum atomic E-state index is 0.612. The molecule has 0 aliphatic heterocycles. The van der Waals surface area contributed by atoms with Crippen molar-refractivity contribution in [1.29, 1.82) is 0 Å². The average molecular weight is 768 g/mol. The fraction of sp³-hybridized carbons (Fsp3) is 0. The Morgan fingerprint density at radius 2 is 0.467 bits per heavy atom. The predicted octanol–water partition coefficient (Wildman–Crippen LogP) is 13.7. The summed E-state index contributed by atoms with van der Waals surface area (Å²) in [5.74, 6) is 2.53. The van der Waals surface area contributed by atoms with Crippen LogP contribution in [0.1, 0.15) is 0 Å². The molecule has 10 aromatic rings. The van der Waals surface area contributed by atoms with Crippen LogP contribution < -0.4 is 0 Å². The Kier molecular flexibility index (Phi) is 9.88. The summed E-state index contributed by atoms with van der Waals surface area (Å²) in [5, 5.41) is 0. The van der Waals surface area contributed by atoms with Gasteiger partial charge in [0.15, 0.2) is 23.3 Å². The molecule has 0 bridgehead atoms. The third kappa shape index (κ3) is 7.76. The lowest BCUT2D eigenvalue weighted by molar-refractivity contribution is 1.07. The van der Waals surface area contributed by atoms with E-state index in [1.165, 1.54) is 0 Å². The summed E-state index contributed by atoms with van der Waals surface area (Å²) in [7, 11) is 0. The van der Waals surface area contributed by atoms with E-state index in [4.69, 9.17) is 24.9 Å². The van der Waals surface area contributed by atoms with Gasteiger partial charge in [0, 0.05) is 33.4 Å². The maximum absolute atomic E-state index is 5.31. The van der Waals surface area contributed by atoms with Gasteiger partial charge in [-0.3, -0.25) is 0 Å². The highest BCUT2D eigenvalue weighted by molar-refractivity contribution is 5.82. The Balaban J connectivity index is 1.08. The SMILES string of the molecule is c1ccc(-c2cc(-c3ccccc3)cc(-c3nc(-c4ccccc4)cc(-c4cccc(-c5cccc(-c6nc(-c7ccccc7)nc(-c7ccccc7)n6)c5)c4)n3)c2)cc1. The van der Waals surface area contributed by atoms with Crippen molar-refractivity contribution in [2.75, 3.05) is 0 Å². The van der Waals surface area contributed by atoms with Gasteiger partial charge >= 0.3 is 0 Å². The molecule has 0 saturated carbocycles. The van der Waals surface area contributed by atoms with Crippen LogP contribution in [-0.4, -0.2) is 24.9 Å². The molecule has 8 aromatic carbocycles. The van der Waals surface area contributed by atoms with Gasteiger partial charge in [-0.05, 0) is 69.8 Å². The van der Waals surface area contributed by atoms with E-state index in [2.05, 4.69) is 133 Å². The molecule has 282 valence electrons. The van der Waals surface area contributed by atoms with E-state index in [1.807, 2.05) is 91.0 Å². The van der Waals surface area contributed by atoms with Crippen molar-refractivity contribution < 1.29 is 0 Å². The number of hydrogen-bond donors (Lipinski definition) is 0. The molecule has 0 fully saturated rings. The summed E-state index contributed by atoms with van der Waals surface area (Å²) in [6.07, 6.45) is 0. The summed E-state index contributed by atoms with van der Waals surface area (Å²) in [5.41, 5.74) is 14.0. The first-order valence-electron chi connectivity index (χ1n) is 20.0. The number of benzene rings is 8. The third-order valence-electron chi connectivity index (χ3n) is 10.5. The van der Waals surface area contributed by atoms with E-state index in [9.17, 15) is 0 Å². The van der Waals surface area contributed by atoms with Crippen LogP contribution in [0.5, 0.6) is 0 Å². The molecule has 10 rings (SSSR count). The largest absolute Gasteiger partial charge is 0.228 e. The maximum Gasteiger partial charge on any atom is 0.164 e. The van der Waals surface area contributed by atoms with Crippen LogP contribution in [-0.2, 0) is 0 Å². The highest BCUT2D eigenvalue weighted by Gasteiger charge is 2.16. The van der Waals surface area contributed by atoms with Crippen LogP contribution in [0.4, 0.5) is 0 Å². The molecule has 5 nitrogen and oxygen atoms in total. The average Bonchev–Trinajstić information content (AvgIpc) is 3.35. The lowest BCUT2D eigenvalue weighted by atomic mass is 9.95. The Labute approximate surface area is 349 Å². The molecule has 0 unspecified atom stereocenters. The molecular weight excluding hydrogens is 731 g/mol. The molecule has 0 amide bonds. The van der Waals surface area contributed by atoms with Crippen LogP contribution in [0.2, 0.25) is 0 Å². The van der Waals surface area contributed by atoms with E-state index < -0.39 is 0 Å². The summed E-state index contributed by atoms with van der Waals surface area (Å²) in [6, 6.07) is 77.1. The molecule has 60 heavy (non-hydrogen) atoms. The van der Waals surface area contributed by atoms with Gasteiger partial charge in [0.2, 0.25) is 0 Å². The topological polar surface area (TPSA) is 64.5 Å². The quantitative estimate of drug-likeness (QED) is 0.146. The van der Waals surface area contributed by atoms with Gasteiger partial charge in [-0.2, -0.15) is 0 Å². The van der Waals surface area contributed by atoms with Crippen molar-refractivity contribution >= 4 is 0 Å². The first-order valence-corrected chi connectivity index (χ1v) is 20.0. The smallest absolute Gasteiger partial charge is 0.164 e. The zero-order valence-electron chi connectivity index (χ0n) is 32.6. The molecule has 2 aromatic heterocycles. The maximum atomic E-state index is 5.31. The van der Waals surface area contributed by atoms with Gasteiger partial charge in [-0.15, -0.1) is 0 Å². The standard InChI is InChI=1S/C55H37N5/c1-6-18-38(19-7-1)47-34-48(39-20-8-2-9-21-39)36-49(35-47)55-56-50(40-22-10-3-11-23-40)37-51(57-55)45-30-16-28-43(32-45)44-29-17-31-46(33-44)54-59-52(41-24-12-4-13-25-41)58-53(60-54)42-26-14-5-15-27-42/h1-37H. The second-order valence-corrected chi connectivity index (χ2v) is 14.6. The zero-order valence-corrected chi connectivity index (χ0v) is 32.6. The lowest BCUT2D eigenvalue weighted by Gasteiger charge is -2.13. The molecule has 0 spiro atoms. The summed E-state index contributed by atoms with van der Waals surface area (Å²) in [4.78, 5) is 25.4. The van der Waals surface area contributed by atoms with Crippen LogP contribution >= 0.6 is 0 Å². The van der Waals surface area contributed by atoms with E-state index in [0.717, 1.165) is 78.1 Å². The first-order chi connectivity index (χ1) is 29.7. The molecule has 2 heterocycles. The molecule has 0 radical (unpaired) electrons. The minimum Gasteiger partial charge on any atom is -0.228 e. The Bertz CT molecular complexity index is 2950. The van der Waals surface area contributed by atoms with Crippen LogP contribution in [0.25, 0.3) is 101 Å². The molecule has 0 N–H and O–H groups in total.